The van der Waals surface area contributed by atoms with Gasteiger partial charge in [-0.25, -0.2) is 9.55 Å². The first-order chi connectivity index (χ1) is 17.7. The lowest BCUT2D eigenvalue weighted by Crippen LogP contribution is -2.18. The van der Waals surface area contributed by atoms with Crippen LogP contribution in [-0.2, 0) is 37.2 Å². The standard InChI is InChI=1S/C22H34N5O9P/c1-4-6-10-32-37(30,33-12-11-31-18(29)7-5-2)34-13-16-8-9-17(36-16)27-14-24-19-20(27)25-22(23)26-21(19)35-15(3)28/h14,16-17H,4-13H2,1-3H3,(H2,23,25,26)/t16-,17+,37?/m0/s1. The number of phosphoric acid groups is 1. The number of phosphoric ester groups is 1. The van der Waals surface area contributed by atoms with E-state index in [4.69, 9.17) is 33.5 Å². The minimum absolute atomic E-state index is 0.0330. The number of carbonyl (C=O) groups excluding carboxylic acids is 2. The highest BCUT2D eigenvalue weighted by molar-refractivity contribution is 7.48. The Morgan fingerprint density at radius 1 is 1.14 bits per heavy atom. The number of imidazole rings is 1. The van der Waals surface area contributed by atoms with Gasteiger partial charge >= 0.3 is 19.8 Å². The molecular weight excluding hydrogens is 509 g/mol. The van der Waals surface area contributed by atoms with Gasteiger partial charge in [0.1, 0.15) is 12.8 Å². The summed E-state index contributed by atoms with van der Waals surface area (Å²) < 4.78 is 47.3. The summed E-state index contributed by atoms with van der Waals surface area (Å²) in [5.41, 5.74) is 6.40. The van der Waals surface area contributed by atoms with Crippen molar-refractivity contribution in [2.75, 3.05) is 32.2 Å². The van der Waals surface area contributed by atoms with Gasteiger partial charge in [0.2, 0.25) is 5.95 Å². The minimum Gasteiger partial charge on any atom is -0.463 e. The summed E-state index contributed by atoms with van der Waals surface area (Å²) in [6, 6.07) is 0. The van der Waals surface area contributed by atoms with E-state index >= 15 is 0 Å². The largest absolute Gasteiger partial charge is 0.474 e. The second-order valence-electron chi connectivity index (χ2n) is 8.33. The van der Waals surface area contributed by atoms with Gasteiger partial charge in [-0.3, -0.25) is 27.7 Å². The third kappa shape index (κ3) is 8.44. The fourth-order valence-electron chi connectivity index (χ4n) is 3.53. The second kappa shape index (κ2) is 13.8. The van der Waals surface area contributed by atoms with Crippen LogP contribution < -0.4 is 10.5 Å². The van der Waals surface area contributed by atoms with E-state index in [1.807, 2.05) is 13.8 Å². The maximum atomic E-state index is 13.1. The van der Waals surface area contributed by atoms with E-state index < -0.39 is 26.1 Å². The Hall–Kier alpha value is -2.64. The lowest BCUT2D eigenvalue weighted by atomic mass is 10.2. The fraction of sp³-hybridized carbons (Fsp3) is 0.682. The van der Waals surface area contributed by atoms with Gasteiger partial charge in [-0.15, -0.1) is 0 Å². The molecule has 0 spiro atoms. The first-order valence-electron chi connectivity index (χ1n) is 12.3. The van der Waals surface area contributed by atoms with Gasteiger partial charge in [0.05, 0.1) is 32.3 Å². The summed E-state index contributed by atoms with van der Waals surface area (Å²) in [6.45, 7) is 5.07. The molecule has 37 heavy (non-hydrogen) atoms. The molecule has 14 nitrogen and oxygen atoms in total. The fourth-order valence-corrected chi connectivity index (χ4v) is 4.75. The number of fused-ring (bicyclic) bond motifs is 1. The number of esters is 2. The average molecular weight is 544 g/mol. The molecule has 1 aliphatic rings. The lowest BCUT2D eigenvalue weighted by molar-refractivity contribution is -0.144. The summed E-state index contributed by atoms with van der Waals surface area (Å²) in [5, 5.41) is 0. The molecule has 0 bridgehead atoms. The summed E-state index contributed by atoms with van der Waals surface area (Å²) in [5.74, 6) is -1.02. The second-order valence-corrected chi connectivity index (χ2v) is 10.00. The molecule has 2 aromatic rings. The summed E-state index contributed by atoms with van der Waals surface area (Å²) in [4.78, 5) is 35.3. The van der Waals surface area contributed by atoms with Crippen molar-refractivity contribution >= 4 is 36.9 Å². The van der Waals surface area contributed by atoms with Crippen LogP contribution in [-0.4, -0.2) is 64.0 Å². The van der Waals surface area contributed by atoms with Crippen LogP contribution in [0.3, 0.4) is 0 Å². The molecule has 1 saturated heterocycles. The highest BCUT2D eigenvalue weighted by Crippen LogP contribution is 2.50. The van der Waals surface area contributed by atoms with Crippen LogP contribution in [0.5, 0.6) is 5.88 Å². The normalized spacial score (nSPS) is 19.1. The van der Waals surface area contributed by atoms with Crippen molar-refractivity contribution in [2.24, 2.45) is 0 Å². The number of rotatable bonds is 15. The number of nitrogens with two attached hydrogens (primary N) is 1. The van der Waals surface area contributed by atoms with Crippen molar-refractivity contribution in [1.29, 1.82) is 0 Å². The van der Waals surface area contributed by atoms with Crippen molar-refractivity contribution < 1.29 is 41.9 Å². The average Bonchev–Trinajstić information content (AvgIpc) is 3.48. The van der Waals surface area contributed by atoms with E-state index in [0.717, 1.165) is 6.42 Å². The molecular formula is C22H34N5O9P. The number of hydrogen-bond donors (Lipinski definition) is 1. The SMILES string of the molecule is CCCCOP(=O)(OCCOC(=O)CCC)OC[C@@H]1CC[C@H](n2cnc3c(OC(C)=O)nc(N)nc32)O1. The van der Waals surface area contributed by atoms with Crippen molar-refractivity contribution in [1.82, 2.24) is 19.5 Å². The molecule has 2 aromatic heterocycles. The lowest BCUT2D eigenvalue weighted by Gasteiger charge is -2.20. The van der Waals surface area contributed by atoms with Crippen molar-refractivity contribution in [2.45, 2.75) is 71.6 Å². The number of nitrogens with zero attached hydrogens (tertiary/aromatic N) is 4. The highest BCUT2D eigenvalue weighted by atomic mass is 31.2. The molecule has 3 atom stereocenters. The van der Waals surface area contributed by atoms with E-state index in [-0.39, 0.29) is 49.7 Å². The zero-order chi connectivity index (χ0) is 26.8. The van der Waals surface area contributed by atoms with Crippen LogP contribution in [0.25, 0.3) is 11.2 Å². The molecule has 206 valence electrons. The Kier molecular flexibility index (Phi) is 10.8. The Labute approximate surface area is 214 Å². The molecule has 1 unspecified atom stereocenters. The molecule has 0 amide bonds. The molecule has 0 aromatic carbocycles. The van der Waals surface area contributed by atoms with Crippen LogP contribution >= 0.6 is 7.82 Å². The summed E-state index contributed by atoms with van der Waals surface area (Å²) in [7, 11) is -3.90. The Morgan fingerprint density at radius 3 is 2.65 bits per heavy atom. The first kappa shape index (κ1) is 28.9. The molecule has 3 rings (SSSR count). The van der Waals surface area contributed by atoms with Crippen LogP contribution in [0, 0.1) is 0 Å². The summed E-state index contributed by atoms with van der Waals surface area (Å²) >= 11 is 0. The van der Waals surface area contributed by atoms with Gasteiger partial charge in [-0.2, -0.15) is 9.97 Å². The van der Waals surface area contributed by atoms with Gasteiger partial charge in [0, 0.05) is 13.3 Å². The Balaban J connectivity index is 1.59. The van der Waals surface area contributed by atoms with Gasteiger partial charge in [0.15, 0.2) is 11.2 Å². The van der Waals surface area contributed by atoms with E-state index in [9.17, 15) is 14.2 Å². The van der Waals surface area contributed by atoms with Gasteiger partial charge in [0.25, 0.3) is 5.88 Å². The Bertz CT molecular complexity index is 1110. The Morgan fingerprint density at radius 2 is 1.92 bits per heavy atom. The number of ether oxygens (including phenoxy) is 3. The quantitative estimate of drug-likeness (QED) is 0.197. The number of anilines is 1. The van der Waals surface area contributed by atoms with Crippen LogP contribution in [0.4, 0.5) is 5.95 Å². The molecule has 1 fully saturated rings. The molecule has 3 heterocycles. The van der Waals surface area contributed by atoms with Crippen molar-refractivity contribution in [3.63, 3.8) is 0 Å². The van der Waals surface area contributed by atoms with Gasteiger partial charge < -0.3 is 19.9 Å². The molecule has 2 N–H and O–H groups in total. The highest BCUT2D eigenvalue weighted by Gasteiger charge is 2.33. The van der Waals surface area contributed by atoms with E-state index in [1.54, 1.807) is 4.57 Å². The molecule has 0 aliphatic carbocycles. The number of hydrogen-bond acceptors (Lipinski definition) is 13. The zero-order valence-corrected chi connectivity index (χ0v) is 22.2. The third-order valence-electron chi connectivity index (χ3n) is 5.26. The minimum atomic E-state index is -3.90. The van der Waals surface area contributed by atoms with Crippen LogP contribution in [0.1, 0.15) is 65.5 Å². The molecule has 15 heteroatoms. The topological polar surface area (TPSA) is 176 Å². The van der Waals surface area contributed by atoms with E-state index in [2.05, 4.69) is 15.0 Å². The first-order valence-corrected chi connectivity index (χ1v) is 13.7. The molecule has 0 saturated carbocycles. The maximum Gasteiger partial charge on any atom is 0.474 e. The number of aromatic nitrogens is 4. The van der Waals surface area contributed by atoms with Crippen molar-refractivity contribution in [3.8, 4) is 5.88 Å². The van der Waals surface area contributed by atoms with Crippen molar-refractivity contribution in [3.05, 3.63) is 6.33 Å². The molecule has 0 radical (unpaired) electrons. The summed E-state index contributed by atoms with van der Waals surface area (Å²) in [6.07, 6.45) is 4.30. The smallest absolute Gasteiger partial charge is 0.463 e. The maximum absolute atomic E-state index is 13.1. The predicted molar refractivity (Wildman–Crippen MR) is 130 cm³/mol. The number of nitrogen functional groups attached to an aromatic ring is 1. The zero-order valence-electron chi connectivity index (χ0n) is 21.3. The van der Waals surface area contributed by atoms with E-state index in [1.165, 1.54) is 13.3 Å². The number of unbranched alkanes of at least 4 members (excludes halogenated alkanes) is 1. The van der Waals surface area contributed by atoms with Crippen LogP contribution in [0.15, 0.2) is 6.33 Å². The molecule has 1 aliphatic heterocycles. The van der Waals surface area contributed by atoms with E-state index in [0.29, 0.717) is 37.8 Å². The predicted octanol–water partition coefficient (Wildman–Crippen LogP) is 3.31. The third-order valence-corrected chi connectivity index (χ3v) is 6.72. The van der Waals surface area contributed by atoms with Gasteiger partial charge in [-0.1, -0.05) is 20.3 Å². The van der Waals surface area contributed by atoms with Gasteiger partial charge in [-0.05, 0) is 25.7 Å². The monoisotopic (exact) mass is 543 g/mol. The van der Waals surface area contributed by atoms with Crippen LogP contribution in [0.2, 0.25) is 0 Å². The number of carbonyl (C=O) groups is 2.